The minimum Gasteiger partial charge on any atom is -0.481 e. The summed E-state index contributed by atoms with van der Waals surface area (Å²) in [6, 6.07) is 0. The number of hydrogen-bond donors (Lipinski definition) is 1. The molecule has 1 saturated carbocycles. The van der Waals surface area contributed by atoms with Crippen LogP contribution in [0, 0.1) is 0 Å². The van der Waals surface area contributed by atoms with Crippen LogP contribution < -0.4 is 0 Å². The molecule has 1 aliphatic rings. The van der Waals surface area contributed by atoms with E-state index in [0.29, 0.717) is 31.0 Å². The van der Waals surface area contributed by atoms with Crippen LogP contribution in [0.25, 0.3) is 0 Å². The molecule has 1 N–H and O–H groups in total. The molecule has 6 heteroatoms. The zero-order valence-corrected chi connectivity index (χ0v) is 11.2. The van der Waals surface area contributed by atoms with Crippen molar-refractivity contribution in [3.8, 4) is 0 Å². The van der Waals surface area contributed by atoms with Gasteiger partial charge in [0.15, 0.2) is 0 Å². The molecular formula is C13H20N2O4. The maximum absolute atomic E-state index is 10.4. The van der Waals surface area contributed by atoms with Crippen LogP contribution in [0.1, 0.15) is 50.3 Å². The highest BCUT2D eigenvalue weighted by Crippen LogP contribution is 2.37. The molecular weight excluding hydrogens is 248 g/mol. The van der Waals surface area contributed by atoms with Crippen LogP contribution in [0.15, 0.2) is 4.42 Å². The van der Waals surface area contributed by atoms with Crippen molar-refractivity contribution in [1.82, 2.24) is 10.2 Å². The first-order valence-electron chi connectivity index (χ1n) is 6.72. The minimum absolute atomic E-state index is 0.104. The van der Waals surface area contributed by atoms with Crippen LogP contribution in [-0.2, 0) is 22.4 Å². The average molecular weight is 268 g/mol. The van der Waals surface area contributed by atoms with Crippen LogP contribution in [-0.4, -0.2) is 34.0 Å². The number of aryl methyl sites for hydroxylation is 1. The van der Waals surface area contributed by atoms with Gasteiger partial charge in [-0.1, -0.05) is 0 Å². The van der Waals surface area contributed by atoms with Gasteiger partial charge in [-0.15, -0.1) is 10.2 Å². The molecule has 0 unspecified atom stereocenters. The molecule has 0 amide bonds. The number of hydrogen-bond acceptors (Lipinski definition) is 5. The van der Waals surface area contributed by atoms with Crippen LogP contribution in [0.4, 0.5) is 0 Å². The molecule has 2 rings (SSSR count). The van der Waals surface area contributed by atoms with E-state index in [1.165, 1.54) is 6.42 Å². The number of aromatic nitrogens is 2. The Morgan fingerprint density at radius 2 is 2.11 bits per heavy atom. The fourth-order valence-electron chi connectivity index (χ4n) is 2.31. The molecule has 106 valence electrons. The van der Waals surface area contributed by atoms with Gasteiger partial charge in [0.25, 0.3) is 0 Å². The summed E-state index contributed by atoms with van der Waals surface area (Å²) in [5.41, 5.74) is -0.104. The molecule has 0 aromatic carbocycles. The Morgan fingerprint density at radius 1 is 1.37 bits per heavy atom. The molecule has 0 spiro atoms. The molecule has 0 aliphatic heterocycles. The first-order chi connectivity index (χ1) is 9.13. The van der Waals surface area contributed by atoms with Gasteiger partial charge in [0.1, 0.15) is 0 Å². The average Bonchev–Trinajstić information content (AvgIpc) is 2.77. The van der Waals surface area contributed by atoms with E-state index in [4.69, 9.17) is 14.3 Å². The van der Waals surface area contributed by atoms with Gasteiger partial charge < -0.3 is 14.3 Å². The van der Waals surface area contributed by atoms with Crippen molar-refractivity contribution in [2.45, 2.75) is 57.0 Å². The fraction of sp³-hybridized carbons (Fsp3) is 0.769. The van der Waals surface area contributed by atoms with Gasteiger partial charge >= 0.3 is 5.97 Å². The Labute approximate surface area is 112 Å². The van der Waals surface area contributed by atoms with Gasteiger partial charge in [-0.25, -0.2) is 0 Å². The van der Waals surface area contributed by atoms with E-state index in [1.54, 1.807) is 7.11 Å². The van der Waals surface area contributed by atoms with E-state index in [1.807, 2.05) is 0 Å². The van der Waals surface area contributed by atoms with Crippen LogP contribution in [0.3, 0.4) is 0 Å². The normalized spacial score (nSPS) is 17.1. The van der Waals surface area contributed by atoms with Crippen molar-refractivity contribution in [3.63, 3.8) is 0 Å². The van der Waals surface area contributed by atoms with Crippen molar-refractivity contribution < 1.29 is 19.1 Å². The topological polar surface area (TPSA) is 85.5 Å². The van der Waals surface area contributed by atoms with Gasteiger partial charge in [-0.2, -0.15) is 0 Å². The highest BCUT2D eigenvalue weighted by atomic mass is 16.5. The van der Waals surface area contributed by atoms with Crippen LogP contribution in [0.2, 0.25) is 0 Å². The second-order valence-corrected chi connectivity index (χ2v) is 5.11. The molecule has 1 aromatic rings. The SMILES string of the molecule is COC1(Cc2nnc(CCCCC(=O)O)o2)CCC1. The maximum Gasteiger partial charge on any atom is 0.303 e. The highest BCUT2D eigenvalue weighted by molar-refractivity contribution is 5.66. The third-order valence-corrected chi connectivity index (χ3v) is 3.71. The van der Waals surface area contributed by atoms with E-state index in [2.05, 4.69) is 10.2 Å². The fourth-order valence-corrected chi connectivity index (χ4v) is 2.31. The van der Waals surface area contributed by atoms with Gasteiger partial charge in [0.05, 0.1) is 12.0 Å². The summed E-state index contributed by atoms with van der Waals surface area (Å²) in [6.07, 6.45) is 6.15. The Hall–Kier alpha value is -1.43. The number of carbonyl (C=O) groups is 1. The summed E-state index contributed by atoms with van der Waals surface area (Å²) < 4.78 is 11.1. The molecule has 6 nitrogen and oxygen atoms in total. The molecule has 19 heavy (non-hydrogen) atoms. The molecule has 1 fully saturated rings. The molecule has 1 heterocycles. The van der Waals surface area contributed by atoms with E-state index in [9.17, 15) is 4.79 Å². The number of ether oxygens (including phenoxy) is 1. The van der Waals surface area contributed by atoms with E-state index >= 15 is 0 Å². The predicted octanol–water partition coefficient (Wildman–Crippen LogP) is 1.98. The number of nitrogens with zero attached hydrogens (tertiary/aromatic N) is 2. The third kappa shape index (κ3) is 3.76. The summed E-state index contributed by atoms with van der Waals surface area (Å²) in [4.78, 5) is 10.4. The van der Waals surface area contributed by atoms with E-state index in [0.717, 1.165) is 19.3 Å². The second-order valence-electron chi connectivity index (χ2n) is 5.11. The van der Waals surface area contributed by atoms with E-state index in [-0.39, 0.29) is 12.0 Å². The number of carboxylic acid groups (broad SMARTS) is 1. The van der Waals surface area contributed by atoms with Gasteiger partial charge in [0.2, 0.25) is 11.8 Å². The molecule has 1 aromatic heterocycles. The lowest BCUT2D eigenvalue weighted by molar-refractivity contribution is -0.137. The van der Waals surface area contributed by atoms with Gasteiger partial charge in [-0.05, 0) is 32.1 Å². The summed E-state index contributed by atoms with van der Waals surface area (Å²) in [5, 5.41) is 16.6. The Kier molecular flexibility index (Phi) is 4.52. The molecule has 0 radical (unpaired) electrons. The summed E-state index contributed by atoms with van der Waals surface area (Å²) >= 11 is 0. The van der Waals surface area contributed by atoms with Crippen molar-refractivity contribution in [3.05, 3.63) is 11.8 Å². The zero-order valence-electron chi connectivity index (χ0n) is 11.2. The zero-order chi connectivity index (χ0) is 13.7. The lowest BCUT2D eigenvalue weighted by Gasteiger charge is -2.39. The van der Waals surface area contributed by atoms with Gasteiger partial charge in [0, 0.05) is 20.0 Å². The standard InChI is InChI=1S/C13H20N2O4/c1-18-13(7-4-8-13)9-11-15-14-10(19-11)5-2-3-6-12(16)17/h2-9H2,1H3,(H,16,17). The van der Waals surface area contributed by atoms with Crippen molar-refractivity contribution in [1.29, 1.82) is 0 Å². The lowest BCUT2D eigenvalue weighted by Crippen LogP contribution is -2.41. The Balaban J connectivity index is 1.77. The highest BCUT2D eigenvalue weighted by Gasteiger charge is 2.38. The summed E-state index contributed by atoms with van der Waals surface area (Å²) in [5.74, 6) is 0.444. The van der Waals surface area contributed by atoms with Crippen molar-refractivity contribution in [2.24, 2.45) is 0 Å². The lowest BCUT2D eigenvalue weighted by atomic mass is 9.77. The monoisotopic (exact) mass is 268 g/mol. The molecule has 0 saturated heterocycles. The summed E-state index contributed by atoms with van der Waals surface area (Å²) in [6.45, 7) is 0. The first-order valence-corrected chi connectivity index (χ1v) is 6.72. The number of aliphatic carboxylic acids is 1. The van der Waals surface area contributed by atoms with E-state index < -0.39 is 5.97 Å². The predicted molar refractivity (Wildman–Crippen MR) is 66.8 cm³/mol. The van der Waals surface area contributed by atoms with Crippen LogP contribution in [0.5, 0.6) is 0 Å². The minimum atomic E-state index is -0.766. The smallest absolute Gasteiger partial charge is 0.303 e. The third-order valence-electron chi connectivity index (χ3n) is 3.71. The summed E-state index contributed by atoms with van der Waals surface area (Å²) in [7, 11) is 1.72. The van der Waals surface area contributed by atoms with Crippen molar-refractivity contribution in [2.75, 3.05) is 7.11 Å². The number of unbranched alkanes of at least 4 members (excludes halogenated alkanes) is 1. The number of carboxylic acids is 1. The first kappa shape index (κ1) is 14.0. The molecule has 0 bridgehead atoms. The Morgan fingerprint density at radius 3 is 2.68 bits per heavy atom. The van der Waals surface area contributed by atoms with Crippen molar-refractivity contribution >= 4 is 5.97 Å². The molecule has 1 aliphatic carbocycles. The maximum atomic E-state index is 10.4. The quantitative estimate of drug-likeness (QED) is 0.725. The largest absolute Gasteiger partial charge is 0.481 e. The van der Waals surface area contributed by atoms with Gasteiger partial charge in [-0.3, -0.25) is 4.79 Å². The Bertz CT molecular complexity index is 421. The second kappa shape index (κ2) is 6.14. The number of methoxy groups -OCH3 is 1. The van der Waals surface area contributed by atoms with Crippen LogP contribution >= 0.6 is 0 Å². The molecule has 0 atom stereocenters. The number of rotatable bonds is 8.